The van der Waals surface area contributed by atoms with Crippen molar-refractivity contribution in [3.8, 4) is 11.3 Å². The molecule has 0 bridgehead atoms. The number of hydrogen-bond acceptors (Lipinski definition) is 4. The molecule has 0 aliphatic carbocycles. The molecule has 152 valence electrons. The van der Waals surface area contributed by atoms with Crippen LogP contribution in [0.25, 0.3) is 11.3 Å². The lowest BCUT2D eigenvalue weighted by Gasteiger charge is -2.33. The number of rotatable bonds is 7. The van der Waals surface area contributed by atoms with Crippen molar-refractivity contribution in [2.75, 3.05) is 6.54 Å². The molecule has 1 unspecified atom stereocenters. The maximum atomic E-state index is 12.2. The Bertz CT molecular complexity index is 752. The van der Waals surface area contributed by atoms with Crippen LogP contribution in [0.4, 0.5) is 0 Å². The van der Waals surface area contributed by atoms with E-state index in [1.807, 2.05) is 20.8 Å². The van der Waals surface area contributed by atoms with E-state index in [9.17, 15) is 4.79 Å². The lowest BCUT2D eigenvalue weighted by Crippen LogP contribution is -2.55. The van der Waals surface area contributed by atoms with Gasteiger partial charge < -0.3 is 15.5 Å². The molecule has 0 fully saturated rings. The van der Waals surface area contributed by atoms with Gasteiger partial charge in [-0.15, -0.1) is 24.8 Å². The van der Waals surface area contributed by atoms with Gasteiger partial charge in [0.25, 0.3) is 0 Å². The number of aromatic nitrogens is 1. The van der Waals surface area contributed by atoms with Gasteiger partial charge in [0, 0.05) is 30.0 Å². The molecule has 0 aliphatic rings. The third kappa shape index (κ3) is 6.84. The van der Waals surface area contributed by atoms with Crippen molar-refractivity contribution < 1.29 is 9.21 Å². The van der Waals surface area contributed by atoms with Crippen LogP contribution < -0.4 is 11.1 Å². The second-order valence-electron chi connectivity index (χ2n) is 6.57. The first-order valence-electron chi connectivity index (χ1n) is 8.16. The largest absolute Gasteiger partial charge is 0.441 e. The number of nitrogens with zero attached hydrogens (tertiary/aromatic N) is 1. The van der Waals surface area contributed by atoms with E-state index < -0.39 is 5.54 Å². The molecular weight excluding hydrogens is 432 g/mol. The fraction of sp³-hybridized carbons (Fsp3) is 0.444. The van der Waals surface area contributed by atoms with Crippen LogP contribution in [0, 0.1) is 5.92 Å². The molecule has 1 atom stereocenters. The minimum absolute atomic E-state index is 0. The third-order valence-corrected chi connectivity index (χ3v) is 4.99. The SMILES string of the molecule is CC(C)C(C)(CN)NC(=O)CCc1ncc(-c2ccc(Cl)cc2Cl)o1.Cl.Cl. The highest BCUT2D eigenvalue weighted by atomic mass is 35.5. The quantitative estimate of drug-likeness (QED) is 0.619. The van der Waals surface area contributed by atoms with Gasteiger partial charge in [-0.2, -0.15) is 0 Å². The van der Waals surface area contributed by atoms with Gasteiger partial charge in [0.2, 0.25) is 5.91 Å². The van der Waals surface area contributed by atoms with E-state index >= 15 is 0 Å². The molecule has 0 aliphatic heterocycles. The number of nitrogens with two attached hydrogens (primary N) is 1. The van der Waals surface area contributed by atoms with Gasteiger partial charge in [0.15, 0.2) is 11.7 Å². The Labute approximate surface area is 182 Å². The van der Waals surface area contributed by atoms with Crippen LogP contribution in [-0.4, -0.2) is 23.0 Å². The summed E-state index contributed by atoms with van der Waals surface area (Å²) in [4.78, 5) is 16.4. The summed E-state index contributed by atoms with van der Waals surface area (Å²) < 4.78 is 5.70. The number of amides is 1. The van der Waals surface area contributed by atoms with Gasteiger partial charge in [0.1, 0.15) is 0 Å². The highest BCUT2D eigenvalue weighted by Crippen LogP contribution is 2.30. The van der Waals surface area contributed by atoms with Crippen LogP contribution in [-0.2, 0) is 11.2 Å². The van der Waals surface area contributed by atoms with Crippen LogP contribution in [0.2, 0.25) is 10.0 Å². The molecule has 2 rings (SSSR count). The van der Waals surface area contributed by atoms with Crippen molar-refractivity contribution >= 4 is 53.9 Å². The lowest BCUT2D eigenvalue weighted by atomic mass is 9.88. The summed E-state index contributed by atoms with van der Waals surface area (Å²) >= 11 is 12.1. The van der Waals surface area contributed by atoms with Crippen molar-refractivity contribution in [1.29, 1.82) is 0 Å². The zero-order valence-corrected chi connectivity index (χ0v) is 18.6. The molecule has 0 saturated carbocycles. The average molecular weight is 457 g/mol. The number of nitrogens with one attached hydrogen (secondary N) is 1. The number of hydrogen-bond donors (Lipinski definition) is 2. The Morgan fingerprint density at radius 3 is 2.56 bits per heavy atom. The number of carbonyl (C=O) groups excluding carboxylic acids is 1. The highest BCUT2D eigenvalue weighted by Gasteiger charge is 2.28. The Balaban J connectivity index is 0.00000338. The van der Waals surface area contributed by atoms with Gasteiger partial charge in [-0.1, -0.05) is 37.0 Å². The molecule has 9 heteroatoms. The summed E-state index contributed by atoms with van der Waals surface area (Å²) in [6.45, 7) is 6.39. The zero-order valence-electron chi connectivity index (χ0n) is 15.4. The average Bonchev–Trinajstić information content (AvgIpc) is 3.01. The Morgan fingerprint density at radius 2 is 2.00 bits per heavy atom. The summed E-state index contributed by atoms with van der Waals surface area (Å²) in [5.74, 6) is 1.19. The van der Waals surface area contributed by atoms with E-state index in [1.54, 1.807) is 24.4 Å². The number of halogens is 4. The summed E-state index contributed by atoms with van der Waals surface area (Å²) in [7, 11) is 0. The van der Waals surface area contributed by atoms with Crippen molar-refractivity contribution in [2.24, 2.45) is 11.7 Å². The molecule has 2 aromatic rings. The molecule has 27 heavy (non-hydrogen) atoms. The first-order valence-corrected chi connectivity index (χ1v) is 8.92. The smallest absolute Gasteiger partial charge is 0.220 e. The number of carbonyl (C=O) groups is 1. The highest BCUT2D eigenvalue weighted by molar-refractivity contribution is 6.36. The van der Waals surface area contributed by atoms with Gasteiger partial charge >= 0.3 is 0 Å². The van der Waals surface area contributed by atoms with Gasteiger partial charge in [0.05, 0.1) is 16.8 Å². The molecule has 1 aromatic heterocycles. The van der Waals surface area contributed by atoms with Crippen molar-refractivity contribution in [2.45, 2.75) is 39.2 Å². The van der Waals surface area contributed by atoms with Gasteiger partial charge in [-0.25, -0.2) is 4.98 Å². The monoisotopic (exact) mass is 455 g/mol. The lowest BCUT2D eigenvalue weighted by molar-refractivity contribution is -0.123. The topological polar surface area (TPSA) is 81.1 Å². The first-order chi connectivity index (χ1) is 11.7. The number of oxazole rings is 1. The molecule has 0 spiro atoms. The van der Waals surface area contributed by atoms with E-state index in [0.29, 0.717) is 40.2 Å². The van der Waals surface area contributed by atoms with Crippen LogP contribution >= 0.6 is 48.0 Å². The van der Waals surface area contributed by atoms with Crippen LogP contribution in [0.1, 0.15) is 33.1 Å². The molecule has 5 nitrogen and oxygen atoms in total. The predicted octanol–water partition coefficient (Wildman–Crippen LogP) is 4.91. The number of aryl methyl sites for hydroxylation is 1. The molecule has 0 radical (unpaired) electrons. The van der Waals surface area contributed by atoms with Crippen molar-refractivity contribution in [3.63, 3.8) is 0 Å². The minimum Gasteiger partial charge on any atom is -0.441 e. The van der Waals surface area contributed by atoms with Crippen LogP contribution in [0.15, 0.2) is 28.8 Å². The van der Waals surface area contributed by atoms with Crippen molar-refractivity contribution in [1.82, 2.24) is 10.3 Å². The summed E-state index contributed by atoms with van der Waals surface area (Å²) in [5, 5.41) is 4.04. The van der Waals surface area contributed by atoms with E-state index in [2.05, 4.69) is 10.3 Å². The third-order valence-electron chi connectivity index (χ3n) is 4.44. The molecule has 1 heterocycles. The number of benzene rings is 1. The predicted molar refractivity (Wildman–Crippen MR) is 115 cm³/mol. The second-order valence-corrected chi connectivity index (χ2v) is 7.41. The Kier molecular flexibility index (Phi) is 10.7. The van der Waals surface area contributed by atoms with Crippen LogP contribution in [0.3, 0.4) is 0 Å². The standard InChI is InChI=1S/C18H23Cl2N3O2.2ClH/c1-11(2)18(3,10-21)23-16(24)6-7-17-22-9-15(25-17)13-5-4-12(19)8-14(13)20;;/h4-5,8-9,11H,6-7,10,21H2,1-3H3,(H,23,24);2*1H. The maximum absolute atomic E-state index is 12.2. The molecule has 1 aromatic carbocycles. The van der Waals surface area contributed by atoms with E-state index in [0.717, 1.165) is 0 Å². The molecular formula is C18H25Cl4N3O2. The summed E-state index contributed by atoms with van der Waals surface area (Å²) in [6.07, 6.45) is 2.27. The van der Waals surface area contributed by atoms with Gasteiger partial charge in [-0.3, -0.25) is 4.79 Å². The Morgan fingerprint density at radius 1 is 1.33 bits per heavy atom. The van der Waals surface area contributed by atoms with Crippen molar-refractivity contribution in [3.05, 3.63) is 40.3 Å². The van der Waals surface area contributed by atoms with E-state index in [4.69, 9.17) is 33.4 Å². The fourth-order valence-electron chi connectivity index (χ4n) is 2.27. The molecule has 1 amide bonds. The fourth-order valence-corrected chi connectivity index (χ4v) is 2.77. The minimum atomic E-state index is -0.421. The second kappa shape index (κ2) is 11.1. The zero-order chi connectivity index (χ0) is 18.6. The normalized spacial score (nSPS) is 12.7. The molecule has 3 N–H and O–H groups in total. The Hall–Kier alpha value is -0.980. The summed E-state index contributed by atoms with van der Waals surface area (Å²) in [5.41, 5.74) is 6.08. The van der Waals surface area contributed by atoms with E-state index in [-0.39, 0.29) is 43.1 Å². The molecule has 0 saturated heterocycles. The maximum Gasteiger partial charge on any atom is 0.220 e. The first kappa shape index (κ1) is 26.0. The summed E-state index contributed by atoms with van der Waals surface area (Å²) in [6, 6.07) is 5.16. The van der Waals surface area contributed by atoms with Gasteiger partial charge in [-0.05, 0) is 31.0 Å². The van der Waals surface area contributed by atoms with Crippen LogP contribution in [0.5, 0.6) is 0 Å². The van der Waals surface area contributed by atoms with E-state index in [1.165, 1.54) is 0 Å².